The molecular formula is C8H14O. The molecule has 2 heterocycles. The molecule has 4 unspecified atom stereocenters. The van der Waals surface area contributed by atoms with E-state index in [9.17, 15) is 0 Å². The van der Waals surface area contributed by atoms with Gasteiger partial charge in [0, 0.05) is 0 Å². The number of rotatable bonds is 0. The van der Waals surface area contributed by atoms with Crippen LogP contribution in [0.2, 0.25) is 0 Å². The molecule has 1 nitrogen and oxygen atoms in total. The van der Waals surface area contributed by atoms with Crippen LogP contribution < -0.4 is 0 Å². The fraction of sp³-hybridized carbons (Fsp3) is 1.00. The molecular weight excluding hydrogens is 112 g/mol. The molecule has 2 aliphatic heterocycles. The summed E-state index contributed by atoms with van der Waals surface area (Å²) in [4.78, 5) is 0. The molecule has 2 bridgehead atoms. The summed E-state index contributed by atoms with van der Waals surface area (Å²) in [5.74, 6) is 1.68. The Bertz CT molecular complexity index is 104. The summed E-state index contributed by atoms with van der Waals surface area (Å²) in [5.41, 5.74) is 0. The summed E-state index contributed by atoms with van der Waals surface area (Å²) in [6.07, 6.45) is 3.85. The van der Waals surface area contributed by atoms with Gasteiger partial charge in [-0.25, -0.2) is 0 Å². The Labute approximate surface area is 56.4 Å². The third-order valence-electron chi connectivity index (χ3n) is 2.83. The monoisotopic (exact) mass is 126 g/mol. The third kappa shape index (κ3) is 0.710. The predicted octanol–water partition coefficient (Wildman–Crippen LogP) is 1.82. The molecule has 4 atom stereocenters. The van der Waals surface area contributed by atoms with Crippen LogP contribution in [0, 0.1) is 11.8 Å². The van der Waals surface area contributed by atoms with Gasteiger partial charge in [-0.05, 0) is 24.7 Å². The van der Waals surface area contributed by atoms with Gasteiger partial charge < -0.3 is 4.74 Å². The van der Waals surface area contributed by atoms with Crippen LogP contribution in [0.1, 0.15) is 26.7 Å². The zero-order valence-electron chi connectivity index (χ0n) is 6.13. The molecule has 1 heteroatoms. The van der Waals surface area contributed by atoms with E-state index in [1.54, 1.807) is 0 Å². The molecule has 0 amide bonds. The third-order valence-corrected chi connectivity index (χ3v) is 2.83. The van der Waals surface area contributed by atoms with Crippen molar-refractivity contribution in [3.05, 3.63) is 0 Å². The van der Waals surface area contributed by atoms with Crippen molar-refractivity contribution in [1.82, 2.24) is 0 Å². The van der Waals surface area contributed by atoms with Gasteiger partial charge in [0.15, 0.2) is 0 Å². The fourth-order valence-corrected chi connectivity index (χ4v) is 2.10. The molecule has 0 saturated carbocycles. The molecule has 2 aliphatic rings. The molecule has 0 radical (unpaired) electrons. The first-order valence-corrected chi connectivity index (χ1v) is 3.93. The molecule has 0 aromatic carbocycles. The van der Waals surface area contributed by atoms with Crippen LogP contribution in [0.4, 0.5) is 0 Å². The maximum Gasteiger partial charge on any atom is 0.0609 e. The lowest BCUT2D eigenvalue weighted by molar-refractivity contribution is 0.0877. The number of fused-ring (bicyclic) bond motifs is 2. The Morgan fingerprint density at radius 3 is 1.67 bits per heavy atom. The standard InChI is InChI=1S/C8H14O/c1-5-3-8-6(2)4-7(5)9-8/h5-8H,3-4H2,1-2H3. The molecule has 0 spiro atoms. The van der Waals surface area contributed by atoms with Crippen molar-refractivity contribution in [2.75, 3.05) is 0 Å². The molecule has 0 aliphatic carbocycles. The molecule has 2 fully saturated rings. The van der Waals surface area contributed by atoms with Crippen LogP contribution in [-0.2, 0) is 4.74 Å². The van der Waals surface area contributed by atoms with Crippen molar-refractivity contribution in [2.45, 2.75) is 38.9 Å². The van der Waals surface area contributed by atoms with Crippen molar-refractivity contribution in [1.29, 1.82) is 0 Å². The van der Waals surface area contributed by atoms with E-state index in [0.29, 0.717) is 12.2 Å². The second-order valence-corrected chi connectivity index (χ2v) is 3.64. The molecule has 0 N–H and O–H groups in total. The van der Waals surface area contributed by atoms with Crippen LogP contribution in [0.25, 0.3) is 0 Å². The molecule has 9 heavy (non-hydrogen) atoms. The predicted molar refractivity (Wildman–Crippen MR) is 36.2 cm³/mol. The Kier molecular flexibility index (Phi) is 1.10. The van der Waals surface area contributed by atoms with Crippen LogP contribution in [0.5, 0.6) is 0 Å². The van der Waals surface area contributed by atoms with Gasteiger partial charge in [-0.3, -0.25) is 0 Å². The minimum Gasteiger partial charge on any atom is -0.374 e. The first kappa shape index (κ1) is 5.72. The fourth-order valence-electron chi connectivity index (χ4n) is 2.10. The van der Waals surface area contributed by atoms with E-state index in [1.807, 2.05) is 0 Å². The molecule has 52 valence electrons. The minimum atomic E-state index is 0.616. The van der Waals surface area contributed by atoms with Gasteiger partial charge in [-0.1, -0.05) is 13.8 Å². The van der Waals surface area contributed by atoms with E-state index < -0.39 is 0 Å². The zero-order chi connectivity index (χ0) is 6.43. The van der Waals surface area contributed by atoms with E-state index in [-0.39, 0.29) is 0 Å². The molecule has 2 rings (SSSR count). The van der Waals surface area contributed by atoms with Crippen LogP contribution in [0.3, 0.4) is 0 Å². The van der Waals surface area contributed by atoms with Gasteiger partial charge >= 0.3 is 0 Å². The van der Waals surface area contributed by atoms with Crippen molar-refractivity contribution in [3.8, 4) is 0 Å². The number of hydrogen-bond acceptors (Lipinski definition) is 1. The van der Waals surface area contributed by atoms with E-state index >= 15 is 0 Å². The topological polar surface area (TPSA) is 9.23 Å². The highest BCUT2D eigenvalue weighted by Gasteiger charge is 2.42. The first-order chi connectivity index (χ1) is 4.27. The lowest BCUT2D eigenvalue weighted by atomic mass is 9.84. The quantitative estimate of drug-likeness (QED) is 0.481. The molecule has 2 saturated heterocycles. The van der Waals surface area contributed by atoms with E-state index in [1.165, 1.54) is 12.8 Å². The van der Waals surface area contributed by atoms with Gasteiger partial charge in [0.25, 0.3) is 0 Å². The Hall–Kier alpha value is -0.0400. The first-order valence-electron chi connectivity index (χ1n) is 3.93. The average Bonchev–Trinajstić information content (AvgIpc) is 2.24. The number of hydrogen-bond donors (Lipinski definition) is 0. The summed E-state index contributed by atoms with van der Waals surface area (Å²) in [6, 6.07) is 0. The lowest BCUT2D eigenvalue weighted by Gasteiger charge is -2.17. The maximum absolute atomic E-state index is 5.70. The van der Waals surface area contributed by atoms with Crippen molar-refractivity contribution in [3.63, 3.8) is 0 Å². The smallest absolute Gasteiger partial charge is 0.0609 e. The maximum atomic E-state index is 5.70. The Morgan fingerprint density at radius 2 is 1.44 bits per heavy atom. The Morgan fingerprint density at radius 1 is 1.00 bits per heavy atom. The van der Waals surface area contributed by atoms with Crippen LogP contribution in [-0.4, -0.2) is 12.2 Å². The molecule has 0 aromatic heterocycles. The molecule has 0 aromatic rings. The average molecular weight is 126 g/mol. The van der Waals surface area contributed by atoms with Crippen molar-refractivity contribution < 1.29 is 4.74 Å². The van der Waals surface area contributed by atoms with Crippen LogP contribution >= 0.6 is 0 Å². The van der Waals surface area contributed by atoms with Gasteiger partial charge in [0.1, 0.15) is 0 Å². The zero-order valence-corrected chi connectivity index (χ0v) is 6.13. The summed E-state index contributed by atoms with van der Waals surface area (Å²) in [5, 5.41) is 0. The SMILES string of the molecule is CC1CC2OC1CC2C. The van der Waals surface area contributed by atoms with Gasteiger partial charge in [-0.15, -0.1) is 0 Å². The van der Waals surface area contributed by atoms with Crippen LogP contribution in [0.15, 0.2) is 0 Å². The highest BCUT2D eigenvalue weighted by molar-refractivity contribution is 4.91. The Balaban J connectivity index is 2.10. The van der Waals surface area contributed by atoms with E-state index in [2.05, 4.69) is 13.8 Å². The van der Waals surface area contributed by atoms with Gasteiger partial charge in [-0.2, -0.15) is 0 Å². The lowest BCUT2D eigenvalue weighted by Crippen LogP contribution is -2.18. The second kappa shape index (κ2) is 1.72. The summed E-state index contributed by atoms with van der Waals surface area (Å²) in [7, 11) is 0. The highest BCUT2D eigenvalue weighted by atomic mass is 16.5. The van der Waals surface area contributed by atoms with E-state index in [4.69, 9.17) is 4.74 Å². The largest absolute Gasteiger partial charge is 0.374 e. The van der Waals surface area contributed by atoms with Crippen molar-refractivity contribution >= 4 is 0 Å². The summed E-state index contributed by atoms with van der Waals surface area (Å²) < 4.78 is 5.70. The van der Waals surface area contributed by atoms with Gasteiger partial charge in [0.05, 0.1) is 12.2 Å². The highest BCUT2D eigenvalue weighted by Crippen LogP contribution is 2.41. The second-order valence-electron chi connectivity index (χ2n) is 3.64. The minimum absolute atomic E-state index is 0.616. The summed E-state index contributed by atoms with van der Waals surface area (Å²) in [6.45, 7) is 4.60. The van der Waals surface area contributed by atoms with Gasteiger partial charge in [0.2, 0.25) is 0 Å². The van der Waals surface area contributed by atoms with Crippen molar-refractivity contribution in [2.24, 2.45) is 11.8 Å². The van der Waals surface area contributed by atoms with E-state index in [0.717, 1.165) is 11.8 Å². The number of ether oxygens (including phenoxy) is 1. The summed E-state index contributed by atoms with van der Waals surface area (Å²) >= 11 is 0. The normalized spacial score (nSPS) is 56.7.